The molecule has 0 aliphatic heterocycles. The number of benzene rings is 2. The van der Waals surface area contributed by atoms with Crippen molar-refractivity contribution in [1.82, 2.24) is 24.9 Å². The third kappa shape index (κ3) is 3.57. The molecule has 0 fully saturated rings. The minimum absolute atomic E-state index is 0.0405. The van der Waals surface area contributed by atoms with Gasteiger partial charge in [0.15, 0.2) is 10.8 Å². The quantitative estimate of drug-likeness (QED) is 0.412. The first kappa shape index (κ1) is 18.4. The van der Waals surface area contributed by atoms with Gasteiger partial charge in [-0.1, -0.05) is 54.2 Å². The maximum absolute atomic E-state index is 12.7. The minimum Gasteiger partial charge on any atom is -0.349 e. The van der Waals surface area contributed by atoms with Crippen molar-refractivity contribution in [3.63, 3.8) is 0 Å². The van der Waals surface area contributed by atoms with E-state index < -0.39 is 0 Å². The SMILES string of the molecule is Cc1nc2c3ccccc3nc(SC(C)C(=O)NC(C)c3ccccc3)n2n1. The molecule has 4 rings (SSSR count). The summed E-state index contributed by atoms with van der Waals surface area (Å²) in [4.78, 5) is 22.0. The number of hydrogen-bond donors (Lipinski definition) is 1. The number of para-hydroxylation sites is 1. The van der Waals surface area contributed by atoms with Crippen LogP contribution in [0.2, 0.25) is 0 Å². The van der Waals surface area contributed by atoms with Crippen LogP contribution in [-0.2, 0) is 4.79 Å². The highest BCUT2D eigenvalue weighted by molar-refractivity contribution is 8.00. The van der Waals surface area contributed by atoms with E-state index >= 15 is 0 Å². The third-order valence-electron chi connectivity index (χ3n) is 4.57. The largest absolute Gasteiger partial charge is 0.349 e. The smallest absolute Gasteiger partial charge is 0.233 e. The molecule has 0 radical (unpaired) electrons. The van der Waals surface area contributed by atoms with Crippen LogP contribution in [0.4, 0.5) is 0 Å². The molecule has 0 saturated carbocycles. The van der Waals surface area contributed by atoms with Gasteiger partial charge >= 0.3 is 0 Å². The molecule has 7 heteroatoms. The first-order valence-corrected chi connectivity index (χ1v) is 10.0. The molecule has 142 valence electrons. The lowest BCUT2D eigenvalue weighted by atomic mass is 10.1. The molecular formula is C21H21N5OS. The van der Waals surface area contributed by atoms with Crippen molar-refractivity contribution in [3.8, 4) is 0 Å². The van der Waals surface area contributed by atoms with E-state index in [0.717, 1.165) is 22.1 Å². The molecule has 0 spiro atoms. The number of carbonyl (C=O) groups excluding carboxylic acids is 1. The van der Waals surface area contributed by atoms with Gasteiger partial charge in [-0.15, -0.1) is 5.10 Å². The fourth-order valence-corrected chi connectivity index (χ4v) is 3.95. The molecule has 0 saturated heterocycles. The molecule has 1 amide bonds. The number of thioether (sulfide) groups is 1. The second-order valence-corrected chi connectivity index (χ2v) is 8.01. The van der Waals surface area contributed by atoms with Gasteiger partial charge < -0.3 is 5.32 Å². The molecule has 28 heavy (non-hydrogen) atoms. The Bertz CT molecular complexity index is 1140. The van der Waals surface area contributed by atoms with Gasteiger partial charge in [-0.05, 0) is 38.5 Å². The van der Waals surface area contributed by atoms with Crippen LogP contribution < -0.4 is 5.32 Å². The van der Waals surface area contributed by atoms with Crippen molar-refractivity contribution in [2.75, 3.05) is 0 Å². The summed E-state index contributed by atoms with van der Waals surface area (Å²) in [5, 5.41) is 8.83. The van der Waals surface area contributed by atoms with Crippen LogP contribution in [0.3, 0.4) is 0 Å². The van der Waals surface area contributed by atoms with Crippen LogP contribution in [0.5, 0.6) is 0 Å². The fraction of sp³-hybridized carbons (Fsp3) is 0.238. The number of nitrogens with one attached hydrogen (secondary N) is 1. The standard InChI is InChI=1S/C21H21N5OS/c1-13(16-9-5-4-6-10-16)22-20(27)14(2)28-21-24-18-12-8-7-11-17(18)19-23-15(3)25-26(19)21/h4-14H,1-3H3,(H,22,27). The second-order valence-electron chi connectivity index (χ2n) is 6.71. The number of carbonyl (C=O) groups is 1. The van der Waals surface area contributed by atoms with E-state index in [-0.39, 0.29) is 17.2 Å². The Kier molecular flexibility index (Phi) is 5.00. The molecule has 0 bridgehead atoms. The maximum Gasteiger partial charge on any atom is 0.233 e. The summed E-state index contributed by atoms with van der Waals surface area (Å²) in [6, 6.07) is 17.7. The van der Waals surface area contributed by atoms with Crippen LogP contribution in [-0.4, -0.2) is 30.7 Å². The highest BCUT2D eigenvalue weighted by Gasteiger charge is 2.21. The second kappa shape index (κ2) is 7.59. The molecule has 4 aromatic rings. The first-order chi connectivity index (χ1) is 13.5. The number of aromatic nitrogens is 4. The van der Waals surface area contributed by atoms with E-state index in [1.54, 1.807) is 4.52 Å². The Morgan fingerprint density at radius 2 is 1.75 bits per heavy atom. The van der Waals surface area contributed by atoms with Crippen LogP contribution >= 0.6 is 11.8 Å². The fourth-order valence-electron chi connectivity index (χ4n) is 3.08. The van der Waals surface area contributed by atoms with Gasteiger partial charge in [-0.3, -0.25) is 4.79 Å². The number of fused-ring (bicyclic) bond motifs is 3. The molecule has 0 aliphatic carbocycles. The monoisotopic (exact) mass is 391 g/mol. The topological polar surface area (TPSA) is 72.2 Å². The number of rotatable bonds is 5. The Labute approximate surface area is 167 Å². The summed E-state index contributed by atoms with van der Waals surface area (Å²) >= 11 is 1.38. The molecule has 0 aliphatic rings. The minimum atomic E-state index is -0.326. The zero-order valence-corrected chi connectivity index (χ0v) is 16.8. The lowest BCUT2D eigenvalue weighted by Crippen LogP contribution is -2.33. The van der Waals surface area contributed by atoms with E-state index in [9.17, 15) is 4.79 Å². The van der Waals surface area contributed by atoms with Crippen LogP contribution in [0.1, 0.15) is 31.3 Å². The number of amides is 1. The number of aryl methyl sites for hydroxylation is 1. The zero-order valence-electron chi connectivity index (χ0n) is 16.0. The number of nitrogens with zero attached hydrogens (tertiary/aromatic N) is 4. The van der Waals surface area contributed by atoms with Gasteiger partial charge in [0.25, 0.3) is 0 Å². The van der Waals surface area contributed by atoms with E-state index in [2.05, 4.69) is 15.4 Å². The average molecular weight is 392 g/mol. The Morgan fingerprint density at radius 3 is 2.54 bits per heavy atom. The molecule has 2 aromatic carbocycles. The van der Waals surface area contributed by atoms with E-state index in [0.29, 0.717) is 11.0 Å². The van der Waals surface area contributed by atoms with E-state index in [4.69, 9.17) is 4.98 Å². The molecule has 2 atom stereocenters. The summed E-state index contributed by atoms with van der Waals surface area (Å²) in [5.74, 6) is 0.635. The van der Waals surface area contributed by atoms with Gasteiger partial charge in [-0.25, -0.2) is 9.97 Å². The molecule has 2 unspecified atom stereocenters. The van der Waals surface area contributed by atoms with Crippen molar-refractivity contribution < 1.29 is 4.79 Å². The van der Waals surface area contributed by atoms with Crippen LogP contribution in [0.15, 0.2) is 59.8 Å². The average Bonchev–Trinajstić information content (AvgIpc) is 3.10. The Morgan fingerprint density at radius 1 is 1.04 bits per heavy atom. The summed E-state index contributed by atoms with van der Waals surface area (Å²) in [6.07, 6.45) is 0. The van der Waals surface area contributed by atoms with Crippen LogP contribution in [0, 0.1) is 6.92 Å². The van der Waals surface area contributed by atoms with Crippen molar-refractivity contribution in [3.05, 3.63) is 66.0 Å². The highest BCUT2D eigenvalue weighted by atomic mass is 32.2. The predicted molar refractivity (Wildman–Crippen MR) is 111 cm³/mol. The predicted octanol–water partition coefficient (Wildman–Crippen LogP) is 3.94. The lowest BCUT2D eigenvalue weighted by molar-refractivity contribution is -0.120. The van der Waals surface area contributed by atoms with Crippen LogP contribution in [0.25, 0.3) is 16.6 Å². The Hall–Kier alpha value is -2.93. The van der Waals surface area contributed by atoms with Gasteiger partial charge in [0, 0.05) is 5.39 Å². The van der Waals surface area contributed by atoms with E-state index in [1.165, 1.54) is 11.8 Å². The molecule has 2 aromatic heterocycles. The summed E-state index contributed by atoms with van der Waals surface area (Å²) in [5.41, 5.74) is 2.68. The van der Waals surface area contributed by atoms with E-state index in [1.807, 2.05) is 75.4 Å². The zero-order chi connectivity index (χ0) is 19.7. The van der Waals surface area contributed by atoms with Crippen molar-refractivity contribution >= 4 is 34.2 Å². The van der Waals surface area contributed by atoms with Gasteiger partial charge in [0.2, 0.25) is 5.91 Å². The summed E-state index contributed by atoms with van der Waals surface area (Å²) in [6.45, 7) is 5.72. The highest BCUT2D eigenvalue weighted by Crippen LogP contribution is 2.27. The number of hydrogen-bond acceptors (Lipinski definition) is 5. The first-order valence-electron chi connectivity index (χ1n) is 9.17. The molecule has 1 N–H and O–H groups in total. The molecule has 2 heterocycles. The van der Waals surface area contributed by atoms with Crippen molar-refractivity contribution in [1.29, 1.82) is 0 Å². The van der Waals surface area contributed by atoms with Gasteiger partial charge in [0.1, 0.15) is 5.82 Å². The Balaban J connectivity index is 1.59. The lowest BCUT2D eigenvalue weighted by Gasteiger charge is -2.17. The maximum atomic E-state index is 12.7. The van der Waals surface area contributed by atoms with Gasteiger partial charge in [0.05, 0.1) is 16.8 Å². The molecular weight excluding hydrogens is 370 g/mol. The normalized spacial score (nSPS) is 13.5. The van der Waals surface area contributed by atoms with Crippen molar-refractivity contribution in [2.24, 2.45) is 0 Å². The summed E-state index contributed by atoms with van der Waals surface area (Å²) in [7, 11) is 0. The third-order valence-corrected chi connectivity index (χ3v) is 5.61. The molecule has 6 nitrogen and oxygen atoms in total. The van der Waals surface area contributed by atoms with Gasteiger partial charge in [-0.2, -0.15) is 4.52 Å². The summed E-state index contributed by atoms with van der Waals surface area (Å²) < 4.78 is 1.73. The van der Waals surface area contributed by atoms with Crippen molar-refractivity contribution in [2.45, 2.75) is 37.2 Å².